The molecule has 2 aromatic carbocycles. The Hall–Kier alpha value is -3.89. The van der Waals surface area contributed by atoms with Gasteiger partial charge in [-0.25, -0.2) is 0 Å². The number of nitrogens with zero attached hydrogens (tertiary/aromatic N) is 1. The molecule has 1 spiro atoms. The van der Waals surface area contributed by atoms with Crippen molar-refractivity contribution in [3.05, 3.63) is 66.2 Å². The minimum absolute atomic E-state index is 0.0594. The summed E-state index contributed by atoms with van der Waals surface area (Å²) < 4.78 is 16.8. The minimum atomic E-state index is -0.677. The van der Waals surface area contributed by atoms with E-state index in [1.54, 1.807) is 6.07 Å². The second-order valence-electron chi connectivity index (χ2n) is 12.3. The van der Waals surface area contributed by atoms with Crippen LogP contribution in [0.4, 0.5) is 5.69 Å². The number of hydrogen-bond acceptors (Lipinski definition) is 7. The van der Waals surface area contributed by atoms with E-state index in [1.165, 1.54) is 0 Å². The summed E-state index contributed by atoms with van der Waals surface area (Å²) in [5.41, 5.74) is 1.08. The number of anilines is 1. The Morgan fingerprint density at radius 3 is 2.57 bits per heavy atom. The highest BCUT2D eigenvalue weighted by Crippen LogP contribution is 2.36. The molecule has 3 atom stereocenters. The highest BCUT2D eigenvalue weighted by atomic mass is 16.6. The van der Waals surface area contributed by atoms with Crippen molar-refractivity contribution >= 4 is 23.4 Å². The highest BCUT2D eigenvalue weighted by molar-refractivity contribution is 5.93. The number of amides is 3. The SMILES string of the molecule is O=C(CN1CC[C@H]2NC(=O)[C@@H](Cc3ccccc3)NC(=O)C3(CC=CC[C@H]2C1)CCOCC3)Nc1ccc2c(c1)OCCO2. The molecule has 0 aromatic heterocycles. The summed E-state index contributed by atoms with van der Waals surface area (Å²) in [5.74, 6) is 1.12. The maximum atomic E-state index is 13.8. The van der Waals surface area contributed by atoms with Gasteiger partial charge in [0.2, 0.25) is 17.7 Å². The molecule has 4 aliphatic rings. The van der Waals surface area contributed by atoms with Crippen molar-refractivity contribution < 1.29 is 28.6 Å². The number of ether oxygens (including phenoxy) is 3. The zero-order valence-electron chi connectivity index (χ0n) is 25.1. The van der Waals surface area contributed by atoms with Gasteiger partial charge in [-0.05, 0) is 55.7 Å². The van der Waals surface area contributed by atoms with Crippen LogP contribution in [0.2, 0.25) is 0 Å². The lowest BCUT2D eigenvalue weighted by molar-refractivity contribution is -0.140. The van der Waals surface area contributed by atoms with E-state index >= 15 is 0 Å². The molecule has 10 heteroatoms. The van der Waals surface area contributed by atoms with Crippen molar-refractivity contribution in [2.75, 3.05) is 51.4 Å². The van der Waals surface area contributed by atoms with E-state index in [-0.39, 0.29) is 36.2 Å². The Balaban J connectivity index is 1.15. The molecule has 4 aliphatic heterocycles. The Kier molecular flexibility index (Phi) is 9.47. The normalized spacial score (nSPS) is 25.5. The standard InChI is InChI=1S/C34H42N4O6/c39-31(35-26-9-10-29-30(21-26)44-19-18-43-29)23-38-15-11-27-25(22-38)8-4-5-12-34(13-16-42-17-14-34)33(41)37-28(32(40)36-27)20-24-6-2-1-3-7-24/h1-7,9-10,21,25,27-28H,8,11-20,22-23H2,(H,35,39)(H,36,40)(H,37,41)/t25-,27+,28+/m0/s1. The molecule has 0 unspecified atom stereocenters. The molecule has 0 saturated carbocycles. The van der Waals surface area contributed by atoms with Crippen LogP contribution in [0.15, 0.2) is 60.7 Å². The van der Waals surface area contributed by atoms with Crippen LogP contribution in [0.3, 0.4) is 0 Å². The van der Waals surface area contributed by atoms with Gasteiger partial charge in [-0.1, -0.05) is 42.5 Å². The molecule has 4 heterocycles. The van der Waals surface area contributed by atoms with E-state index in [4.69, 9.17) is 14.2 Å². The van der Waals surface area contributed by atoms with Gasteiger partial charge in [0.15, 0.2) is 11.5 Å². The number of likely N-dealkylation sites (tertiary alicyclic amines) is 1. The molecule has 0 bridgehead atoms. The first-order valence-corrected chi connectivity index (χ1v) is 15.8. The molecule has 10 nitrogen and oxygen atoms in total. The summed E-state index contributed by atoms with van der Waals surface area (Å²) in [4.78, 5) is 42.7. The van der Waals surface area contributed by atoms with Crippen LogP contribution in [0.5, 0.6) is 11.5 Å². The van der Waals surface area contributed by atoms with E-state index in [0.29, 0.717) is 82.4 Å². The summed E-state index contributed by atoms with van der Waals surface area (Å²) in [6.45, 7) is 3.68. The molecule has 44 heavy (non-hydrogen) atoms. The van der Waals surface area contributed by atoms with Crippen LogP contribution in [-0.4, -0.2) is 80.8 Å². The quantitative estimate of drug-likeness (QED) is 0.451. The molecule has 3 N–H and O–H groups in total. The van der Waals surface area contributed by atoms with Crippen LogP contribution in [-0.2, 0) is 25.5 Å². The summed E-state index contributed by atoms with van der Waals surface area (Å²) in [6, 6.07) is 14.5. The molecular weight excluding hydrogens is 560 g/mol. The Morgan fingerprint density at radius 2 is 1.75 bits per heavy atom. The average molecular weight is 603 g/mol. The van der Waals surface area contributed by atoms with Gasteiger partial charge >= 0.3 is 0 Å². The van der Waals surface area contributed by atoms with Crippen molar-refractivity contribution in [3.63, 3.8) is 0 Å². The lowest BCUT2D eigenvalue weighted by atomic mass is 9.75. The number of benzene rings is 2. The fourth-order valence-electron chi connectivity index (χ4n) is 6.72. The van der Waals surface area contributed by atoms with Gasteiger partial charge in [0.25, 0.3) is 0 Å². The van der Waals surface area contributed by atoms with Gasteiger partial charge in [0.05, 0.1) is 12.0 Å². The smallest absolute Gasteiger partial charge is 0.243 e. The van der Waals surface area contributed by atoms with Crippen LogP contribution in [0.25, 0.3) is 0 Å². The van der Waals surface area contributed by atoms with E-state index in [9.17, 15) is 14.4 Å². The second kappa shape index (κ2) is 13.8. The predicted molar refractivity (Wildman–Crippen MR) is 165 cm³/mol. The van der Waals surface area contributed by atoms with Gasteiger partial charge in [-0.2, -0.15) is 0 Å². The van der Waals surface area contributed by atoms with Crippen LogP contribution in [0.1, 0.15) is 37.7 Å². The van der Waals surface area contributed by atoms with Gasteiger partial charge in [-0.3, -0.25) is 19.3 Å². The second-order valence-corrected chi connectivity index (χ2v) is 12.3. The van der Waals surface area contributed by atoms with Crippen molar-refractivity contribution in [2.45, 2.75) is 50.6 Å². The molecule has 2 aromatic rings. The molecule has 3 amide bonds. The topological polar surface area (TPSA) is 118 Å². The first-order chi connectivity index (χ1) is 21.5. The average Bonchev–Trinajstić information content (AvgIpc) is 3.04. The third-order valence-electron chi connectivity index (χ3n) is 9.29. The molecule has 234 valence electrons. The third-order valence-corrected chi connectivity index (χ3v) is 9.29. The molecular formula is C34H42N4O6. The zero-order chi connectivity index (χ0) is 30.4. The fraction of sp³-hybridized carbons (Fsp3) is 0.500. The minimum Gasteiger partial charge on any atom is -0.486 e. The van der Waals surface area contributed by atoms with E-state index < -0.39 is 11.5 Å². The molecule has 2 saturated heterocycles. The van der Waals surface area contributed by atoms with Gasteiger partial charge in [0.1, 0.15) is 19.3 Å². The molecule has 0 aliphatic carbocycles. The number of allylic oxidation sites excluding steroid dienone is 2. The van der Waals surface area contributed by atoms with Crippen molar-refractivity contribution in [2.24, 2.45) is 11.3 Å². The van der Waals surface area contributed by atoms with Crippen molar-refractivity contribution in [3.8, 4) is 11.5 Å². The molecule has 0 radical (unpaired) electrons. The third kappa shape index (κ3) is 7.25. The van der Waals surface area contributed by atoms with Crippen molar-refractivity contribution in [1.29, 1.82) is 0 Å². The number of fused-ring (bicyclic) bond motifs is 2. The maximum Gasteiger partial charge on any atom is 0.243 e. The summed E-state index contributed by atoms with van der Waals surface area (Å²) in [5, 5.41) is 9.43. The van der Waals surface area contributed by atoms with Gasteiger partial charge in [-0.15, -0.1) is 0 Å². The number of nitrogens with one attached hydrogen (secondary N) is 3. The highest BCUT2D eigenvalue weighted by Gasteiger charge is 2.41. The Labute approximate surface area is 258 Å². The van der Waals surface area contributed by atoms with Crippen LogP contribution >= 0.6 is 0 Å². The number of hydrogen-bond donors (Lipinski definition) is 3. The summed E-state index contributed by atoms with van der Waals surface area (Å²) >= 11 is 0. The summed E-state index contributed by atoms with van der Waals surface area (Å²) in [7, 11) is 0. The lowest BCUT2D eigenvalue weighted by Crippen LogP contribution is -2.58. The Bertz CT molecular complexity index is 1360. The van der Waals surface area contributed by atoms with Crippen molar-refractivity contribution in [1.82, 2.24) is 15.5 Å². The van der Waals surface area contributed by atoms with Crippen LogP contribution in [0, 0.1) is 11.3 Å². The monoisotopic (exact) mass is 602 g/mol. The lowest BCUT2D eigenvalue weighted by Gasteiger charge is -2.40. The molecule has 2 fully saturated rings. The first kappa shape index (κ1) is 30.1. The number of piperidine rings is 1. The number of carbonyl (C=O) groups is 3. The maximum absolute atomic E-state index is 13.8. The first-order valence-electron chi connectivity index (χ1n) is 15.8. The number of rotatable bonds is 5. The van der Waals surface area contributed by atoms with Gasteiger partial charge < -0.3 is 30.2 Å². The largest absolute Gasteiger partial charge is 0.486 e. The fourth-order valence-corrected chi connectivity index (χ4v) is 6.72. The molecule has 6 rings (SSSR count). The number of carbonyl (C=O) groups excluding carboxylic acids is 3. The zero-order valence-corrected chi connectivity index (χ0v) is 25.1. The van der Waals surface area contributed by atoms with E-state index in [0.717, 1.165) is 18.4 Å². The summed E-state index contributed by atoms with van der Waals surface area (Å²) in [6.07, 6.45) is 8.03. The van der Waals surface area contributed by atoms with E-state index in [1.807, 2.05) is 42.5 Å². The Morgan fingerprint density at radius 1 is 0.955 bits per heavy atom. The van der Waals surface area contributed by atoms with Gasteiger partial charge in [0, 0.05) is 50.5 Å². The predicted octanol–water partition coefficient (Wildman–Crippen LogP) is 3.08. The van der Waals surface area contributed by atoms with Crippen LogP contribution < -0.4 is 25.4 Å². The van der Waals surface area contributed by atoms with E-state index in [2.05, 4.69) is 33.0 Å².